The van der Waals surface area contributed by atoms with Crippen LogP contribution < -0.4 is 25.0 Å². The molecule has 2 aromatic heterocycles. The second kappa shape index (κ2) is 19.0. The summed E-state index contributed by atoms with van der Waals surface area (Å²) in [6.45, 7) is 1.88. The molecule has 57 heavy (non-hydrogen) atoms. The number of nitrogens with one attached hydrogen (secondary N) is 2. The number of likely N-dealkylation sites (tertiary alicyclic amines) is 1. The van der Waals surface area contributed by atoms with Gasteiger partial charge in [-0.3, -0.25) is 14.5 Å². The summed E-state index contributed by atoms with van der Waals surface area (Å²) in [7, 11) is 1.75. The molecule has 4 heterocycles. The highest BCUT2D eigenvalue weighted by Crippen LogP contribution is 2.35. The second-order valence-electron chi connectivity index (χ2n) is 14.1. The molecule has 0 spiro atoms. The van der Waals surface area contributed by atoms with Crippen molar-refractivity contribution < 1.29 is 40.8 Å². The maximum Gasteiger partial charge on any atom is 0.387 e. The highest BCUT2D eigenvalue weighted by molar-refractivity contribution is 7.82. The van der Waals surface area contributed by atoms with Crippen LogP contribution in [0.25, 0.3) is 10.9 Å². The lowest BCUT2D eigenvalue weighted by atomic mass is 9.88. The van der Waals surface area contributed by atoms with Crippen LogP contribution in [-0.2, 0) is 22.8 Å². The number of nitrogens with zero attached hydrogens (tertiary/aromatic N) is 7. The number of aldehydes is 1. The van der Waals surface area contributed by atoms with E-state index in [-0.39, 0.29) is 66.6 Å². The Labute approximate surface area is 330 Å². The van der Waals surface area contributed by atoms with Gasteiger partial charge in [-0.2, -0.15) is 13.9 Å². The van der Waals surface area contributed by atoms with E-state index in [1.807, 2.05) is 20.0 Å². The lowest BCUT2D eigenvalue weighted by Crippen LogP contribution is -2.42. The number of carbonyl (C=O) groups excluding carboxylic acids is 2. The molecule has 0 bridgehead atoms. The molecule has 2 unspecified atom stereocenters. The fraction of sp³-hybridized carbons (Fsp3) is 0.500. The fourth-order valence-electron chi connectivity index (χ4n) is 7.30. The van der Waals surface area contributed by atoms with E-state index >= 15 is 0 Å². The average Bonchev–Trinajstić information content (AvgIpc) is 3.55. The van der Waals surface area contributed by atoms with Gasteiger partial charge in [0.25, 0.3) is 6.43 Å². The number of anilines is 2. The van der Waals surface area contributed by atoms with E-state index in [4.69, 9.17) is 4.74 Å². The second-order valence-corrected chi connectivity index (χ2v) is 15.6. The standard InChI is InChI=1S/C38H47F4N9O5S/c1-24(49-14-9-25(10-15-49)26-5-7-30-32(19-26)48(3)47-35(30)51(13-4-18-52)38(53)43-2)23-55-33-20-29(6-8-31(33)34(39)40)57(54)50-16-11-27(12-17-50)46-37-44-21-28(22-45-37)56-36(41)42/h5-8,18-22,24-25,27,34,36H,4,9-17,23H2,1-3H3,(H,43,53)(H,44,45,46). The Hall–Kier alpha value is -4.88. The van der Waals surface area contributed by atoms with Gasteiger partial charge < -0.3 is 24.9 Å². The molecule has 6 rings (SSSR count). The summed E-state index contributed by atoms with van der Waals surface area (Å²) in [6, 6.07) is 9.88. The number of benzene rings is 2. The molecule has 2 atom stereocenters. The molecule has 14 nitrogen and oxygen atoms in total. The van der Waals surface area contributed by atoms with Crippen molar-refractivity contribution in [3.8, 4) is 11.5 Å². The molecule has 2 aliphatic rings. The number of amides is 2. The monoisotopic (exact) mass is 817 g/mol. The molecule has 0 radical (unpaired) electrons. The van der Waals surface area contributed by atoms with E-state index < -0.39 is 24.0 Å². The maximum absolute atomic E-state index is 14.1. The summed E-state index contributed by atoms with van der Waals surface area (Å²) in [5, 5.41) is 11.2. The predicted octanol–water partition coefficient (Wildman–Crippen LogP) is 5.88. The van der Waals surface area contributed by atoms with Gasteiger partial charge >= 0.3 is 12.6 Å². The highest BCUT2D eigenvalue weighted by Gasteiger charge is 2.29. The molecule has 0 saturated carbocycles. The van der Waals surface area contributed by atoms with Crippen LogP contribution in [0.5, 0.6) is 11.5 Å². The van der Waals surface area contributed by atoms with Gasteiger partial charge in [0.2, 0.25) is 5.95 Å². The zero-order chi connectivity index (χ0) is 40.6. The minimum atomic E-state index is -2.97. The lowest BCUT2D eigenvalue weighted by Gasteiger charge is -2.36. The molecule has 2 aliphatic heterocycles. The highest BCUT2D eigenvalue weighted by atomic mass is 32.2. The zero-order valence-electron chi connectivity index (χ0n) is 32.0. The van der Waals surface area contributed by atoms with Gasteiger partial charge in [0.15, 0.2) is 11.6 Å². The molecular formula is C38H47F4N9O5S. The Balaban J connectivity index is 1.02. The van der Waals surface area contributed by atoms with E-state index in [0.29, 0.717) is 36.6 Å². The van der Waals surface area contributed by atoms with Crippen LogP contribution in [0.3, 0.4) is 0 Å². The molecule has 2 fully saturated rings. The number of rotatable bonds is 16. The molecule has 2 N–H and O–H groups in total. The summed E-state index contributed by atoms with van der Waals surface area (Å²) in [6.07, 6.45) is 3.45. The van der Waals surface area contributed by atoms with Crippen LogP contribution in [0.4, 0.5) is 34.1 Å². The molecule has 0 aliphatic carbocycles. The number of carbonyl (C=O) groups is 2. The van der Waals surface area contributed by atoms with Crippen molar-refractivity contribution in [3.05, 3.63) is 59.9 Å². The summed E-state index contributed by atoms with van der Waals surface area (Å²) >= 11 is 0. The van der Waals surface area contributed by atoms with Crippen molar-refractivity contribution >= 4 is 46.0 Å². The van der Waals surface area contributed by atoms with E-state index in [1.54, 1.807) is 8.99 Å². The first-order chi connectivity index (χ1) is 27.4. The van der Waals surface area contributed by atoms with Gasteiger partial charge in [0, 0.05) is 57.6 Å². The Kier molecular flexibility index (Phi) is 13.9. The number of halogens is 4. The normalized spacial score (nSPS) is 17.1. The van der Waals surface area contributed by atoms with Crippen molar-refractivity contribution in [2.45, 2.75) is 75.0 Å². The third-order valence-electron chi connectivity index (χ3n) is 10.4. The number of aryl methyl sites for hydroxylation is 1. The van der Waals surface area contributed by atoms with Gasteiger partial charge in [0.1, 0.15) is 29.6 Å². The van der Waals surface area contributed by atoms with Gasteiger partial charge in [-0.1, -0.05) is 6.07 Å². The number of hydrogen-bond acceptors (Lipinski definition) is 10. The molecular weight excluding hydrogens is 771 g/mol. The van der Waals surface area contributed by atoms with Crippen molar-refractivity contribution in [1.82, 2.24) is 34.3 Å². The summed E-state index contributed by atoms with van der Waals surface area (Å²) in [5.74, 6) is 0.907. The van der Waals surface area contributed by atoms with Crippen LogP contribution in [0, 0.1) is 0 Å². The topological polar surface area (TPSA) is 147 Å². The van der Waals surface area contributed by atoms with E-state index in [0.717, 1.165) is 61.1 Å². The number of fused-ring (bicyclic) bond motifs is 1. The lowest BCUT2D eigenvalue weighted by molar-refractivity contribution is -0.107. The number of hydrogen-bond donors (Lipinski definition) is 2. The summed E-state index contributed by atoms with van der Waals surface area (Å²) in [4.78, 5) is 35.8. The van der Waals surface area contributed by atoms with Crippen LogP contribution in [0.15, 0.2) is 53.7 Å². The average molecular weight is 818 g/mol. The van der Waals surface area contributed by atoms with Gasteiger partial charge in [-0.25, -0.2) is 32.1 Å². The van der Waals surface area contributed by atoms with E-state index in [1.165, 1.54) is 30.1 Å². The number of urea groups is 1. The van der Waals surface area contributed by atoms with Crippen LogP contribution >= 0.6 is 0 Å². The first kappa shape index (κ1) is 41.7. The number of aromatic nitrogens is 4. The minimum absolute atomic E-state index is 0.00977. The first-order valence-corrected chi connectivity index (χ1v) is 19.9. The third-order valence-corrected chi connectivity index (χ3v) is 11.9. The molecule has 2 aromatic carbocycles. The fourth-order valence-corrected chi connectivity index (χ4v) is 8.53. The quantitative estimate of drug-likeness (QED) is 0.104. The zero-order valence-corrected chi connectivity index (χ0v) is 32.8. The van der Waals surface area contributed by atoms with Crippen LogP contribution in [0.2, 0.25) is 0 Å². The minimum Gasteiger partial charge on any atom is -0.491 e. The first-order valence-electron chi connectivity index (χ1n) is 18.8. The van der Waals surface area contributed by atoms with Gasteiger partial charge in [-0.05, 0) is 87.5 Å². The van der Waals surface area contributed by atoms with E-state index in [9.17, 15) is 31.4 Å². The molecule has 2 amide bonds. The number of ether oxygens (including phenoxy) is 2. The van der Waals surface area contributed by atoms with Crippen LogP contribution in [-0.4, -0.2) is 111 Å². The van der Waals surface area contributed by atoms with Crippen molar-refractivity contribution in [1.29, 1.82) is 0 Å². The van der Waals surface area contributed by atoms with Crippen LogP contribution in [0.1, 0.15) is 62.5 Å². The molecule has 2 saturated heterocycles. The summed E-state index contributed by atoms with van der Waals surface area (Å²) < 4.78 is 80.4. The maximum atomic E-state index is 14.1. The molecule has 308 valence electrons. The predicted molar refractivity (Wildman–Crippen MR) is 206 cm³/mol. The van der Waals surface area contributed by atoms with Gasteiger partial charge in [0.05, 0.1) is 28.4 Å². The Morgan fingerprint density at radius 2 is 1.75 bits per heavy atom. The Morgan fingerprint density at radius 1 is 1.04 bits per heavy atom. The van der Waals surface area contributed by atoms with E-state index in [2.05, 4.69) is 47.5 Å². The largest absolute Gasteiger partial charge is 0.491 e. The smallest absolute Gasteiger partial charge is 0.387 e. The Bertz CT molecular complexity index is 2010. The SMILES string of the molecule is CNC(=O)N(CCC=O)c1nn(C)c2cc(C3CCN(C(C)COc4cc(S(=O)N5CCC(Nc6ncc(OC(F)F)cn6)CC5)ccc4C(F)F)CC3)ccc12. The number of piperidine rings is 2. The third kappa shape index (κ3) is 10.2. The summed E-state index contributed by atoms with van der Waals surface area (Å²) in [5.41, 5.74) is 1.79. The Morgan fingerprint density at radius 3 is 2.40 bits per heavy atom. The van der Waals surface area contributed by atoms with Crippen molar-refractivity contribution in [2.24, 2.45) is 7.05 Å². The van der Waals surface area contributed by atoms with Crippen molar-refractivity contribution in [3.63, 3.8) is 0 Å². The molecule has 4 aromatic rings. The molecule has 19 heteroatoms. The van der Waals surface area contributed by atoms with Gasteiger partial charge in [-0.15, -0.1) is 0 Å². The number of alkyl halides is 4. The van der Waals surface area contributed by atoms with Crippen molar-refractivity contribution in [2.75, 3.05) is 56.6 Å².